The predicted octanol–water partition coefficient (Wildman–Crippen LogP) is 4.33. The molecule has 0 aromatic heterocycles. The minimum Gasteiger partial charge on any atom is -0.161 e. The second-order valence-electron chi connectivity index (χ2n) is 5.72. The van der Waals surface area contributed by atoms with Crippen molar-refractivity contribution in [1.82, 2.24) is 0 Å². The van der Waals surface area contributed by atoms with Gasteiger partial charge in [-0.3, -0.25) is 0 Å². The lowest BCUT2D eigenvalue weighted by Crippen LogP contribution is -2.42. The Morgan fingerprint density at radius 2 is 1.00 bits per heavy atom. The number of thioether (sulfide) groups is 4. The summed E-state index contributed by atoms with van der Waals surface area (Å²) >= 11 is 27.6. The Bertz CT molecular complexity index is 307. The number of hydrogen-bond acceptors (Lipinski definition) is 8. The molecular weight excluding hydrogens is 401 g/mol. The van der Waals surface area contributed by atoms with Crippen molar-refractivity contribution in [2.24, 2.45) is 0 Å². The summed E-state index contributed by atoms with van der Waals surface area (Å²) < 4.78 is -0.252. The van der Waals surface area contributed by atoms with Crippen LogP contribution in [0.3, 0.4) is 0 Å². The summed E-state index contributed by atoms with van der Waals surface area (Å²) in [5, 5.41) is 2.66. The van der Waals surface area contributed by atoms with Gasteiger partial charge < -0.3 is 0 Å². The summed E-state index contributed by atoms with van der Waals surface area (Å²) in [6, 6.07) is 0. The van der Waals surface area contributed by atoms with Gasteiger partial charge >= 0.3 is 0 Å². The van der Waals surface area contributed by atoms with Crippen LogP contribution >= 0.6 is 97.6 Å². The van der Waals surface area contributed by atoms with Crippen molar-refractivity contribution in [2.75, 3.05) is 23.0 Å². The molecule has 4 unspecified atom stereocenters. The zero-order valence-electron chi connectivity index (χ0n) is 11.0. The molecule has 20 heavy (non-hydrogen) atoms. The maximum absolute atomic E-state index is 4.85. The molecular formula is C12H20S8. The van der Waals surface area contributed by atoms with Gasteiger partial charge in [-0.2, -0.15) is 97.6 Å². The molecule has 0 N–H and O–H groups in total. The summed E-state index contributed by atoms with van der Waals surface area (Å²) in [4.78, 5) is 0. The van der Waals surface area contributed by atoms with Crippen LogP contribution in [0.1, 0.15) is 12.8 Å². The first kappa shape index (κ1) is 17.6. The monoisotopic (exact) mass is 420 g/mol. The highest BCUT2D eigenvalue weighted by Crippen LogP contribution is 2.52. The molecule has 0 aromatic carbocycles. The standard InChI is InChI=1S/C12H20S8/c13-11(14,1-7-3-17-7)9-5-20-10(6-19-9)12(15,16)2-8-4-18-8/h7-10,13-16H,1-6H2. The zero-order chi connectivity index (χ0) is 14.4. The summed E-state index contributed by atoms with van der Waals surface area (Å²) in [5.74, 6) is 4.84. The van der Waals surface area contributed by atoms with Crippen molar-refractivity contribution < 1.29 is 0 Å². The SMILES string of the molecule is SC(S)(CC1CS1)C1CSC(C(S)(S)CC2CS2)CS1. The van der Waals surface area contributed by atoms with E-state index in [0.717, 1.165) is 34.8 Å². The Morgan fingerprint density at radius 3 is 1.25 bits per heavy atom. The second kappa shape index (κ2) is 6.96. The van der Waals surface area contributed by atoms with E-state index in [0.29, 0.717) is 10.5 Å². The van der Waals surface area contributed by atoms with Crippen LogP contribution in [0.25, 0.3) is 0 Å². The third kappa shape index (κ3) is 4.90. The molecule has 4 atom stereocenters. The van der Waals surface area contributed by atoms with Gasteiger partial charge in [0.25, 0.3) is 0 Å². The van der Waals surface area contributed by atoms with E-state index in [4.69, 9.17) is 50.5 Å². The van der Waals surface area contributed by atoms with Gasteiger partial charge in [0.05, 0.1) is 8.16 Å². The van der Waals surface area contributed by atoms with E-state index in [9.17, 15) is 0 Å². The lowest BCUT2D eigenvalue weighted by Gasteiger charge is -2.41. The first-order valence-corrected chi connectivity index (χ1v) is 12.7. The molecule has 0 aliphatic carbocycles. The highest BCUT2D eigenvalue weighted by molar-refractivity contribution is 8.11. The molecule has 8 heteroatoms. The molecule has 3 heterocycles. The van der Waals surface area contributed by atoms with Crippen molar-refractivity contribution in [1.29, 1.82) is 0 Å². The summed E-state index contributed by atoms with van der Waals surface area (Å²) in [5.41, 5.74) is 0. The van der Waals surface area contributed by atoms with Gasteiger partial charge in [0, 0.05) is 44.0 Å². The molecule has 0 spiro atoms. The van der Waals surface area contributed by atoms with Gasteiger partial charge in [0.1, 0.15) is 0 Å². The Balaban J connectivity index is 1.50. The molecule has 116 valence electrons. The zero-order valence-corrected chi connectivity index (χ0v) is 17.8. The normalized spacial score (nSPS) is 37.8. The van der Waals surface area contributed by atoms with Crippen LogP contribution in [-0.4, -0.2) is 52.2 Å². The van der Waals surface area contributed by atoms with Gasteiger partial charge in [0.15, 0.2) is 0 Å². The fourth-order valence-corrected chi connectivity index (χ4v) is 10.1. The first-order valence-electron chi connectivity index (χ1n) is 6.73. The highest BCUT2D eigenvalue weighted by atomic mass is 32.2. The summed E-state index contributed by atoms with van der Waals surface area (Å²) in [6.07, 6.45) is 2.25. The second-order valence-corrected chi connectivity index (χ2v) is 14.8. The van der Waals surface area contributed by atoms with Crippen molar-refractivity contribution in [3.05, 3.63) is 0 Å². The van der Waals surface area contributed by atoms with Crippen LogP contribution in [0.5, 0.6) is 0 Å². The minimum absolute atomic E-state index is 0.126. The van der Waals surface area contributed by atoms with E-state index in [1.54, 1.807) is 0 Å². The lowest BCUT2D eigenvalue weighted by molar-refractivity contribution is 0.710. The molecule has 3 saturated heterocycles. The average molecular weight is 421 g/mol. The molecule has 3 fully saturated rings. The molecule has 0 radical (unpaired) electrons. The molecule has 0 amide bonds. The predicted molar refractivity (Wildman–Crippen MR) is 116 cm³/mol. The van der Waals surface area contributed by atoms with Gasteiger partial charge in [-0.05, 0) is 12.8 Å². The van der Waals surface area contributed by atoms with E-state index < -0.39 is 0 Å². The lowest BCUT2D eigenvalue weighted by atomic mass is 10.2. The smallest absolute Gasteiger partial charge is 0.0688 e. The third-order valence-corrected chi connectivity index (χ3v) is 11.8. The fourth-order valence-electron chi connectivity index (χ4n) is 2.34. The number of thiol groups is 4. The van der Waals surface area contributed by atoms with Crippen LogP contribution < -0.4 is 0 Å². The molecule has 0 bridgehead atoms. The molecule has 3 rings (SSSR count). The molecule has 3 aliphatic heterocycles. The third-order valence-electron chi connectivity index (χ3n) is 3.79. The van der Waals surface area contributed by atoms with Gasteiger partial charge in [-0.25, -0.2) is 0 Å². The van der Waals surface area contributed by atoms with Crippen molar-refractivity contribution in [2.45, 2.75) is 42.0 Å². The molecule has 0 saturated carbocycles. The largest absolute Gasteiger partial charge is 0.161 e. The molecule has 3 aliphatic rings. The number of hydrogen-bond donors (Lipinski definition) is 4. The van der Waals surface area contributed by atoms with Crippen LogP contribution in [0.15, 0.2) is 0 Å². The van der Waals surface area contributed by atoms with E-state index in [1.165, 1.54) is 11.5 Å². The van der Waals surface area contributed by atoms with E-state index in [2.05, 4.69) is 0 Å². The van der Waals surface area contributed by atoms with Crippen molar-refractivity contribution in [3.8, 4) is 0 Å². The quantitative estimate of drug-likeness (QED) is 0.287. The molecule has 0 aromatic rings. The molecule has 0 nitrogen and oxygen atoms in total. The van der Waals surface area contributed by atoms with Gasteiger partial charge in [-0.1, -0.05) is 0 Å². The van der Waals surface area contributed by atoms with Crippen LogP contribution in [-0.2, 0) is 0 Å². The first-order chi connectivity index (χ1) is 9.37. The summed E-state index contributed by atoms with van der Waals surface area (Å²) in [7, 11) is 0. The highest BCUT2D eigenvalue weighted by Gasteiger charge is 2.45. The van der Waals surface area contributed by atoms with Crippen LogP contribution in [0.4, 0.5) is 0 Å². The average Bonchev–Trinajstić information content (AvgIpc) is 3.26. The Hall–Kier alpha value is 2.80. The van der Waals surface area contributed by atoms with Crippen LogP contribution in [0.2, 0.25) is 0 Å². The van der Waals surface area contributed by atoms with Crippen molar-refractivity contribution >= 4 is 97.6 Å². The van der Waals surface area contributed by atoms with E-state index in [1.807, 2.05) is 47.0 Å². The fraction of sp³-hybridized carbons (Fsp3) is 1.00. The Morgan fingerprint density at radius 1 is 0.650 bits per heavy atom. The van der Waals surface area contributed by atoms with E-state index in [-0.39, 0.29) is 8.16 Å². The van der Waals surface area contributed by atoms with Gasteiger partial charge in [-0.15, -0.1) is 0 Å². The summed E-state index contributed by atoms with van der Waals surface area (Å²) in [6.45, 7) is 0. The maximum Gasteiger partial charge on any atom is 0.0688 e. The van der Waals surface area contributed by atoms with Crippen LogP contribution in [0, 0.1) is 0 Å². The minimum atomic E-state index is -0.126. The Labute approximate surface area is 161 Å². The number of rotatable bonds is 6. The van der Waals surface area contributed by atoms with Crippen molar-refractivity contribution in [3.63, 3.8) is 0 Å². The topological polar surface area (TPSA) is 0 Å². The maximum atomic E-state index is 4.85. The Kier molecular flexibility index (Phi) is 6.13. The van der Waals surface area contributed by atoms with E-state index >= 15 is 0 Å². The van der Waals surface area contributed by atoms with Gasteiger partial charge in [0.2, 0.25) is 0 Å².